The number of methoxy groups -OCH3 is 1. The van der Waals surface area contributed by atoms with Crippen molar-refractivity contribution in [1.29, 1.82) is 0 Å². The van der Waals surface area contributed by atoms with Gasteiger partial charge in [0.15, 0.2) is 0 Å². The topological polar surface area (TPSA) is 40.2 Å². The van der Waals surface area contributed by atoms with Crippen LogP contribution in [0.3, 0.4) is 0 Å². The second-order valence-electron chi connectivity index (χ2n) is 4.34. The van der Waals surface area contributed by atoms with Gasteiger partial charge in [-0.25, -0.2) is 0 Å². The molecule has 3 rings (SSSR count). The Morgan fingerprint density at radius 2 is 1.79 bits per heavy atom. The van der Waals surface area contributed by atoms with E-state index >= 15 is 0 Å². The van der Waals surface area contributed by atoms with Crippen molar-refractivity contribution >= 4 is 34.2 Å². The van der Waals surface area contributed by atoms with Crippen molar-refractivity contribution in [2.45, 2.75) is 6.54 Å². The lowest BCUT2D eigenvalue weighted by Crippen LogP contribution is -2.09. The molecule has 0 radical (unpaired) electrons. The fourth-order valence-electron chi connectivity index (χ4n) is 2.53. The van der Waals surface area contributed by atoms with Gasteiger partial charge in [-0.15, -0.1) is 12.4 Å². The molecular weight excluding hydrogens is 260 g/mol. The highest BCUT2D eigenvalue weighted by Gasteiger charge is 2.10. The van der Waals surface area contributed by atoms with E-state index in [9.17, 15) is 0 Å². The largest absolute Gasteiger partial charge is 0.497 e. The lowest BCUT2D eigenvalue weighted by molar-refractivity contribution is 0.415. The monoisotopic (exact) mass is 276 g/mol. The minimum atomic E-state index is 0. The molecule has 0 aliphatic rings. The van der Waals surface area contributed by atoms with Crippen LogP contribution in [0.4, 0.5) is 0 Å². The van der Waals surface area contributed by atoms with Crippen LogP contribution in [0.25, 0.3) is 21.8 Å². The van der Waals surface area contributed by atoms with Crippen molar-refractivity contribution in [3.8, 4) is 5.75 Å². The van der Waals surface area contributed by atoms with E-state index in [1.807, 2.05) is 6.07 Å². The summed E-state index contributed by atoms with van der Waals surface area (Å²) in [6.45, 7) is 1.45. The highest BCUT2D eigenvalue weighted by molar-refractivity contribution is 6.08. The Kier molecular flexibility index (Phi) is 3.98. The Morgan fingerprint density at radius 1 is 1.05 bits per heavy atom. The molecule has 4 heteroatoms. The summed E-state index contributed by atoms with van der Waals surface area (Å²) in [6, 6.07) is 14.6. The Bertz CT molecular complexity index is 706. The van der Waals surface area contributed by atoms with Gasteiger partial charge in [-0.3, -0.25) is 0 Å². The van der Waals surface area contributed by atoms with Crippen molar-refractivity contribution in [1.82, 2.24) is 4.57 Å². The Balaban J connectivity index is 0.00000133. The first-order valence-electron chi connectivity index (χ1n) is 6.10. The smallest absolute Gasteiger partial charge is 0.120 e. The van der Waals surface area contributed by atoms with Crippen LogP contribution < -0.4 is 10.5 Å². The molecule has 0 amide bonds. The molecule has 0 saturated carbocycles. The number of fused-ring (bicyclic) bond motifs is 3. The predicted octanol–water partition coefficient (Wildman–Crippen LogP) is 3.18. The Hall–Kier alpha value is -1.71. The number of halogens is 1. The second-order valence-corrected chi connectivity index (χ2v) is 4.34. The summed E-state index contributed by atoms with van der Waals surface area (Å²) < 4.78 is 7.56. The molecule has 100 valence electrons. The summed E-state index contributed by atoms with van der Waals surface area (Å²) in [5, 5.41) is 2.52. The summed E-state index contributed by atoms with van der Waals surface area (Å²) >= 11 is 0. The van der Waals surface area contributed by atoms with Crippen molar-refractivity contribution in [3.63, 3.8) is 0 Å². The van der Waals surface area contributed by atoms with Gasteiger partial charge >= 0.3 is 0 Å². The van der Waals surface area contributed by atoms with Gasteiger partial charge in [0, 0.05) is 35.4 Å². The van der Waals surface area contributed by atoms with Gasteiger partial charge in [-0.1, -0.05) is 18.2 Å². The molecule has 19 heavy (non-hydrogen) atoms. The van der Waals surface area contributed by atoms with Crippen LogP contribution in [0.15, 0.2) is 42.5 Å². The number of nitrogens with zero attached hydrogens (tertiary/aromatic N) is 1. The van der Waals surface area contributed by atoms with Gasteiger partial charge < -0.3 is 15.0 Å². The van der Waals surface area contributed by atoms with Gasteiger partial charge in [-0.2, -0.15) is 0 Å². The first-order chi connectivity index (χ1) is 8.85. The van der Waals surface area contributed by atoms with E-state index in [0.717, 1.165) is 12.3 Å². The summed E-state index contributed by atoms with van der Waals surface area (Å²) in [6.07, 6.45) is 0. The summed E-state index contributed by atoms with van der Waals surface area (Å²) in [4.78, 5) is 0. The zero-order valence-electron chi connectivity index (χ0n) is 10.8. The van der Waals surface area contributed by atoms with E-state index in [0.29, 0.717) is 6.54 Å². The molecule has 0 saturated heterocycles. The maximum absolute atomic E-state index is 5.72. The average molecular weight is 277 g/mol. The van der Waals surface area contributed by atoms with Crippen LogP contribution in [0.5, 0.6) is 5.75 Å². The normalized spacial score (nSPS) is 10.6. The molecule has 0 aliphatic heterocycles. The average Bonchev–Trinajstić information content (AvgIpc) is 2.73. The Labute approximate surface area is 118 Å². The SMILES string of the molecule is COc1ccc2c3ccccc3n(CCN)c2c1.Cl. The van der Waals surface area contributed by atoms with Gasteiger partial charge in [0.1, 0.15) is 5.75 Å². The molecule has 1 heterocycles. The number of hydrogen-bond acceptors (Lipinski definition) is 2. The Morgan fingerprint density at radius 3 is 2.53 bits per heavy atom. The molecule has 0 fully saturated rings. The van der Waals surface area contributed by atoms with Crippen LogP contribution in [0.2, 0.25) is 0 Å². The molecule has 1 aromatic heterocycles. The zero-order chi connectivity index (χ0) is 12.5. The van der Waals surface area contributed by atoms with Gasteiger partial charge in [-0.05, 0) is 18.2 Å². The third kappa shape index (κ3) is 2.15. The molecule has 3 nitrogen and oxygen atoms in total. The van der Waals surface area contributed by atoms with E-state index in [-0.39, 0.29) is 12.4 Å². The van der Waals surface area contributed by atoms with E-state index in [1.165, 1.54) is 21.8 Å². The third-order valence-electron chi connectivity index (χ3n) is 3.33. The van der Waals surface area contributed by atoms with Crippen LogP contribution in [-0.4, -0.2) is 18.2 Å². The molecule has 3 aromatic rings. The number of nitrogens with two attached hydrogens (primary N) is 1. The van der Waals surface area contributed by atoms with Gasteiger partial charge in [0.05, 0.1) is 12.6 Å². The number of para-hydroxylation sites is 1. The molecule has 0 aliphatic carbocycles. The number of rotatable bonds is 3. The van der Waals surface area contributed by atoms with Crippen molar-refractivity contribution in [3.05, 3.63) is 42.5 Å². The summed E-state index contributed by atoms with van der Waals surface area (Å²) in [5.41, 5.74) is 8.13. The van der Waals surface area contributed by atoms with E-state index in [1.54, 1.807) is 7.11 Å². The maximum atomic E-state index is 5.72. The maximum Gasteiger partial charge on any atom is 0.120 e. The molecule has 0 spiro atoms. The molecule has 0 atom stereocenters. The first kappa shape index (κ1) is 13.7. The van der Waals surface area contributed by atoms with E-state index in [2.05, 4.69) is 41.0 Å². The molecular formula is C15H17ClN2O. The fourth-order valence-corrected chi connectivity index (χ4v) is 2.53. The second kappa shape index (κ2) is 5.51. The number of ether oxygens (including phenoxy) is 1. The van der Waals surface area contributed by atoms with Crippen molar-refractivity contribution in [2.24, 2.45) is 5.73 Å². The van der Waals surface area contributed by atoms with Gasteiger partial charge in [0.2, 0.25) is 0 Å². The zero-order valence-corrected chi connectivity index (χ0v) is 11.6. The molecule has 0 unspecified atom stereocenters. The minimum absolute atomic E-state index is 0. The number of hydrogen-bond donors (Lipinski definition) is 1. The third-order valence-corrected chi connectivity index (χ3v) is 3.33. The predicted molar refractivity (Wildman–Crippen MR) is 82.3 cm³/mol. The number of aromatic nitrogens is 1. The highest BCUT2D eigenvalue weighted by Crippen LogP contribution is 2.31. The molecule has 2 aromatic carbocycles. The van der Waals surface area contributed by atoms with E-state index in [4.69, 9.17) is 10.5 Å². The summed E-state index contributed by atoms with van der Waals surface area (Å²) in [5.74, 6) is 0.878. The van der Waals surface area contributed by atoms with Crippen LogP contribution in [-0.2, 0) is 6.54 Å². The minimum Gasteiger partial charge on any atom is -0.497 e. The van der Waals surface area contributed by atoms with Crippen molar-refractivity contribution in [2.75, 3.05) is 13.7 Å². The molecule has 2 N–H and O–H groups in total. The lowest BCUT2D eigenvalue weighted by atomic mass is 10.1. The van der Waals surface area contributed by atoms with Gasteiger partial charge in [0.25, 0.3) is 0 Å². The highest BCUT2D eigenvalue weighted by atomic mass is 35.5. The number of benzene rings is 2. The standard InChI is InChI=1S/C15H16N2O.ClH/c1-18-11-6-7-13-12-4-2-3-5-14(12)17(9-8-16)15(13)10-11;/h2-7,10H,8-9,16H2,1H3;1H. The quantitative estimate of drug-likeness (QED) is 0.798. The van der Waals surface area contributed by atoms with E-state index < -0.39 is 0 Å². The first-order valence-corrected chi connectivity index (χ1v) is 6.10. The molecule has 0 bridgehead atoms. The van der Waals surface area contributed by atoms with Crippen molar-refractivity contribution < 1.29 is 4.74 Å². The van der Waals surface area contributed by atoms with Crippen LogP contribution >= 0.6 is 12.4 Å². The summed E-state index contributed by atoms with van der Waals surface area (Å²) in [7, 11) is 1.69. The fraction of sp³-hybridized carbons (Fsp3) is 0.200. The van der Waals surface area contributed by atoms with Crippen LogP contribution in [0, 0.1) is 0 Å². The van der Waals surface area contributed by atoms with Crippen LogP contribution in [0.1, 0.15) is 0 Å². The lowest BCUT2D eigenvalue weighted by Gasteiger charge is -2.06.